The molecule has 5 nitrogen and oxygen atoms in total. The first kappa shape index (κ1) is 17.2. The van der Waals surface area contributed by atoms with Crippen molar-refractivity contribution in [3.8, 4) is 11.4 Å². The third kappa shape index (κ3) is 5.16. The first-order valence-corrected chi connectivity index (χ1v) is 8.47. The van der Waals surface area contributed by atoms with E-state index in [0.29, 0.717) is 42.5 Å². The Morgan fingerprint density at radius 3 is 2.60 bits per heavy atom. The van der Waals surface area contributed by atoms with Gasteiger partial charge in [-0.15, -0.1) is 0 Å². The van der Waals surface area contributed by atoms with Gasteiger partial charge in [-0.25, -0.2) is 0 Å². The van der Waals surface area contributed by atoms with Gasteiger partial charge < -0.3 is 9.84 Å². The van der Waals surface area contributed by atoms with Crippen molar-refractivity contribution in [1.82, 2.24) is 15.5 Å². The molecule has 0 radical (unpaired) electrons. The van der Waals surface area contributed by atoms with Crippen LogP contribution in [0.5, 0.6) is 0 Å². The van der Waals surface area contributed by atoms with Gasteiger partial charge in [0.2, 0.25) is 17.6 Å². The average Bonchev–Trinajstić information content (AvgIpc) is 3.10. The molecular formula is C19H18ClN3O2. The van der Waals surface area contributed by atoms with Crippen molar-refractivity contribution in [2.45, 2.75) is 25.8 Å². The Labute approximate surface area is 151 Å². The first-order chi connectivity index (χ1) is 12.2. The summed E-state index contributed by atoms with van der Waals surface area (Å²) in [6, 6.07) is 17.1. The molecule has 0 aliphatic carbocycles. The third-order valence-corrected chi connectivity index (χ3v) is 3.95. The van der Waals surface area contributed by atoms with E-state index in [9.17, 15) is 4.79 Å². The van der Waals surface area contributed by atoms with Crippen molar-refractivity contribution < 1.29 is 9.32 Å². The zero-order valence-electron chi connectivity index (χ0n) is 13.6. The molecule has 0 saturated carbocycles. The summed E-state index contributed by atoms with van der Waals surface area (Å²) in [6.45, 7) is 0.543. The minimum absolute atomic E-state index is 0.0151. The number of aryl methyl sites for hydroxylation is 1. The van der Waals surface area contributed by atoms with E-state index < -0.39 is 0 Å². The topological polar surface area (TPSA) is 68.0 Å². The largest absolute Gasteiger partial charge is 0.352 e. The van der Waals surface area contributed by atoms with E-state index in [1.807, 2.05) is 42.5 Å². The van der Waals surface area contributed by atoms with E-state index in [-0.39, 0.29) is 5.91 Å². The molecule has 0 saturated heterocycles. The molecular weight excluding hydrogens is 338 g/mol. The summed E-state index contributed by atoms with van der Waals surface area (Å²) >= 11 is 5.87. The van der Waals surface area contributed by atoms with Crippen LogP contribution in [0.3, 0.4) is 0 Å². The van der Waals surface area contributed by atoms with Crippen LogP contribution in [0.15, 0.2) is 59.1 Å². The summed E-state index contributed by atoms with van der Waals surface area (Å²) in [5.74, 6) is 1.07. The maximum absolute atomic E-state index is 11.9. The van der Waals surface area contributed by atoms with Gasteiger partial charge in [-0.3, -0.25) is 4.79 Å². The van der Waals surface area contributed by atoms with Gasteiger partial charge >= 0.3 is 0 Å². The van der Waals surface area contributed by atoms with Crippen molar-refractivity contribution in [3.05, 3.63) is 71.1 Å². The van der Waals surface area contributed by atoms with Crippen LogP contribution in [0.4, 0.5) is 0 Å². The second kappa shape index (κ2) is 8.44. The number of nitrogens with one attached hydrogen (secondary N) is 1. The Kier molecular flexibility index (Phi) is 5.80. The molecule has 0 atom stereocenters. The van der Waals surface area contributed by atoms with Crippen molar-refractivity contribution in [2.24, 2.45) is 0 Å². The maximum atomic E-state index is 11.9. The fourth-order valence-electron chi connectivity index (χ4n) is 2.36. The molecule has 3 aromatic rings. The van der Waals surface area contributed by atoms with Crippen LogP contribution in [0.25, 0.3) is 11.4 Å². The maximum Gasteiger partial charge on any atom is 0.226 e. The van der Waals surface area contributed by atoms with Crippen molar-refractivity contribution in [1.29, 1.82) is 0 Å². The number of halogens is 1. The molecule has 0 fully saturated rings. The summed E-state index contributed by atoms with van der Waals surface area (Å²) in [4.78, 5) is 16.2. The molecule has 2 aromatic carbocycles. The van der Waals surface area contributed by atoms with Crippen LogP contribution in [-0.2, 0) is 17.8 Å². The second-order valence-electron chi connectivity index (χ2n) is 5.63. The minimum Gasteiger partial charge on any atom is -0.352 e. The molecule has 1 aromatic heterocycles. The summed E-state index contributed by atoms with van der Waals surface area (Å²) < 4.78 is 5.23. The number of carbonyl (C=O) groups excluding carboxylic acids is 1. The molecule has 0 aliphatic rings. The molecule has 128 valence electrons. The lowest BCUT2D eigenvalue weighted by Crippen LogP contribution is -2.22. The zero-order valence-corrected chi connectivity index (χ0v) is 14.4. The van der Waals surface area contributed by atoms with Crippen LogP contribution in [0.1, 0.15) is 24.3 Å². The highest BCUT2D eigenvalue weighted by Crippen LogP contribution is 2.19. The lowest BCUT2D eigenvalue weighted by Gasteiger charge is -2.04. The van der Waals surface area contributed by atoms with Gasteiger partial charge in [0.15, 0.2) is 0 Å². The Bertz CT molecular complexity index is 816. The first-order valence-electron chi connectivity index (χ1n) is 8.10. The van der Waals surface area contributed by atoms with Gasteiger partial charge in [-0.2, -0.15) is 4.98 Å². The number of amides is 1. The standard InChI is InChI=1S/C19H18ClN3O2/c20-16-11-9-15(10-12-16)19-22-18(25-23-19)8-4-7-17(24)21-13-14-5-2-1-3-6-14/h1-3,5-6,9-12H,4,7-8,13H2,(H,21,24). The number of nitrogens with zero attached hydrogens (tertiary/aromatic N) is 2. The highest BCUT2D eigenvalue weighted by atomic mass is 35.5. The van der Waals surface area contributed by atoms with E-state index in [0.717, 1.165) is 11.1 Å². The average molecular weight is 356 g/mol. The van der Waals surface area contributed by atoms with Gasteiger partial charge in [-0.1, -0.05) is 47.1 Å². The van der Waals surface area contributed by atoms with Gasteiger partial charge in [0, 0.05) is 30.0 Å². The summed E-state index contributed by atoms with van der Waals surface area (Å²) in [5.41, 5.74) is 1.93. The molecule has 0 bridgehead atoms. The van der Waals surface area contributed by atoms with Crippen LogP contribution in [0, 0.1) is 0 Å². The predicted octanol–water partition coefficient (Wildman–Crippen LogP) is 4.03. The number of aromatic nitrogens is 2. The van der Waals surface area contributed by atoms with Crippen LogP contribution in [0.2, 0.25) is 5.02 Å². The molecule has 6 heteroatoms. The molecule has 1 amide bonds. The number of hydrogen-bond donors (Lipinski definition) is 1. The van der Waals surface area contributed by atoms with E-state index in [2.05, 4.69) is 15.5 Å². The SMILES string of the molecule is O=C(CCCc1nc(-c2ccc(Cl)cc2)no1)NCc1ccccc1. The summed E-state index contributed by atoms with van der Waals surface area (Å²) in [5, 5.41) is 7.52. The minimum atomic E-state index is 0.0151. The van der Waals surface area contributed by atoms with E-state index in [4.69, 9.17) is 16.1 Å². The van der Waals surface area contributed by atoms with Gasteiger partial charge in [0.05, 0.1) is 0 Å². The molecule has 3 rings (SSSR count). The van der Waals surface area contributed by atoms with Crippen LogP contribution < -0.4 is 5.32 Å². The molecule has 0 unspecified atom stereocenters. The molecule has 0 aliphatic heterocycles. The fraction of sp³-hybridized carbons (Fsp3) is 0.211. The number of rotatable bonds is 7. The Morgan fingerprint density at radius 2 is 1.84 bits per heavy atom. The molecule has 0 spiro atoms. The van der Waals surface area contributed by atoms with Gasteiger partial charge in [-0.05, 0) is 36.2 Å². The lowest BCUT2D eigenvalue weighted by molar-refractivity contribution is -0.121. The number of carbonyl (C=O) groups is 1. The quantitative estimate of drug-likeness (QED) is 0.694. The van der Waals surface area contributed by atoms with Crippen molar-refractivity contribution >= 4 is 17.5 Å². The number of benzene rings is 2. The monoisotopic (exact) mass is 355 g/mol. The van der Waals surface area contributed by atoms with E-state index >= 15 is 0 Å². The molecule has 1 heterocycles. The summed E-state index contributed by atoms with van der Waals surface area (Å²) in [7, 11) is 0. The van der Waals surface area contributed by atoms with Gasteiger partial charge in [0.1, 0.15) is 0 Å². The van der Waals surface area contributed by atoms with Gasteiger partial charge in [0.25, 0.3) is 0 Å². The summed E-state index contributed by atoms with van der Waals surface area (Å²) in [6.07, 6.45) is 1.65. The van der Waals surface area contributed by atoms with E-state index in [1.54, 1.807) is 12.1 Å². The predicted molar refractivity (Wildman–Crippen MR) is 96.0 cm³/mol. The smallest absolute Gasteiger partial charge is 0.226 e. The van der Waals surface area contributed by atoms with Crippen molar-refractivity contribution in [3.63, 3.8) is 0 Å². The van der Waals surface area contributed by atoms with E-state index in [1.165, 1.54) is 0 Å². The Morgan fingerprint density at radius 1 is 1.08 bits per heavy atom. The molecule has 1 N–H and O–H groups in total. The normalized spacial score (nSPS) is 10.6. The molecule has 25 heavy (non-hydrogen) atoms. The third-order valence-electron chi connectivity index (χ3n) is 3.70. The number of hydrogen-bond acceptors (Lipinski definition) is 4. The Balaban J connectivity index is 1.43. The second-order valence-corrected chi connectivity index (χ2v) is 6.07. The Hall–Kier alpha value is -2.66. The highest BCUT2D eigenvalue weighted by Gasteiger charge is 2.09. The van der Waals surface area contributed by atoms with Crippen LogP contribution >= 0.6 is 11.6 Å². The zero-order chi connectivity index (χ0) is 17.5. The van der Waals surface area contributed by atoms with Crippen LogP contribution in [-0.4, -0.2) is 16.0 Å². The highest BCUT2D eigenvalue weighted by molar-refractivity contribution is 6.30. The van der Waals surface area contributed by atoms with Crippen molar-refractivity contribution in [2.75, 3.05) is 0 Å². The lowest BCUT2D eigenvalue weighted by atomic mass is 10.2. The fourth-order valence-corrected chi connectivity index (χ4v) is 2.48.